The van der Waals surface area contributed by atoms with Gasteiger partial charge in [-0.05, 0) is 37.6 Å². The van der Waals surface area contributed by atoms with Gasteiger partial charge in [0.1, 0.15) is 23.8 Å². The first kappa shape index (κ1) is 15.8. The minimum absolute atomic E-state index is 0.200. The van der Waals surface area contributed by atoms with Gasteiger partial charge in [-0.25, -0.2) is 4.98 Å². The van der Waals surface area contributed by atoms with Crippen LogP contribution in [0.4, 0.5) is 0 Å². The molecule has 5 nitrogen and oxygen atoms in total. The van der Waals surface area contributed by atoms with Gasteiger partial charge in [0.25, 0.3) is 5.91 Å². The number of oxazole rings is 1. The number of amides is 1. The zero-order valence-corrected chi connectivity index (χ0v) is 13.6. The third-order valence-corrected chi connectivity index (χ3v) is 3.79. The van der Waals surface area contributed by atoms with Crippen LogP contribution >= 0.6 is 0 Å². The van der Waals surface area contributed by atoms with Crippen molar-refractivity contribution < 1.29 is 13.9 Å². The van der Waals surface area contributed by atoms with Crippen molar-refractivity contribution in [3.05, 3.63) is 71.1 Å². The Morgan fingerprint density at radius 2 is 1.83 bits per heavy atom. The van der Waals surface area contributed by atoms with Gasteiger partial charge in [-0.3, -0.25) is 4.79 Å². The topological polar surface area (TPSA) is 78.4 Å². The van der Waals surface area contributed by atoms with Crippen LogP contribution in [0.1, 0.15) is 27.4 Å². The number of hydrogen-bond acceptors (Lipinski definition) is 4. The zero-order chi connectivity index (χ0) is 17.1. The summed E-state index contributed by atoms with van der Waals surface area (Å²) in [6, 6.07) is 14.8. The molecule has 122 valence electrons. The summed E-state index contributed by atoms with van der Waals surface area (Å²) in [4.78, 5) is 16.0. The predicted octanol–water partition coefficient (Wildman–Crippen LogP) is 3.64. The molecule has 0 saturated heterocycles. The maximum atomic E-state index is 11.4. The highest BCUT2D eigenvalue weighted by molar-refractivity contribution is 5.95. The van der Waals surface area contributed by atoms with E-state index < -0.39 is 5.91 Å². The van der Waals surface area contributed by atoms with Crippen LogP contribution in [0.5, 0.6) is 5.75 Å². The first-order chi connectivity index (χ1) is 11.6. The van der Waals surface area contributed by atoms with Crippen LogP contribution in [0, 0.1) is 13.8 Å². The summed E-state index contributed by atoms with van der Waals surface area (Å²) in [5, 5.41) is 0. The molecule has 3 aromatic rings. The fraction of sp³-hybridized carbons (Fsp3) is 0.158. The molecular weight excluding hydrogens is 304 g/mol. The summed E-state index contributed by atoms with van der Waals surface area (Å²) in [6.45, 7) is 4.05. The van der Waals surface area contributed by atoms with Crippen molar-refractivity contribution in [2.24, 2.45) is 5.73 Å². The second-order valence-corrected chi connectivity index (χ2v) is 5.49. The lowest BCUT2D eigenvalue weighted by Gasteiger charge is -2.07. The number of aryl methyl sites for hydroxylation is 2. The first-order valence-corrected chi connectivity index (χ1v) is 7.60. The van der Waals surface area contributed by atoms with Crippen LogP contribution < -0.4 is 10.5 Å². The molecule has 5 heteroatoms. The van der Waals surface area contributed by atoms with Crippen molar-refractivity contribution in [3.63, 3.8) is 0 Å². The SMILES string of the molecule is Cc1ccccc1-c1nc(COc2ccccc2C(N)=O)c(C)o1. The second-order valence-electron chi connectivity index (χ2n) is 5.49. The summed E-state index contributed by atoms with van der Waals surface area (Å²) in [5.41, 5.74) is 8.43. The van der Waals surface area contributed by atoms with Crippen molar-refractivity contribution in [1.29, 1.82) is 0 Å². The highest BCUT2D eigenvalue weighted by atomic mass is 16.5. The Morgan fingerprint density at radius 3 is 2.58 bits per heavy atom. The van der Waals surface area contributed by atoms with Gasteiger partial charge in [0, 0.05) is 5.56 Å². The highest BCUT2D eigenvalue weighted by Gasteiger charge is 2.15. The first-order valence-electron chi connectivity index (χ1n) is 7.60. The molecule has 0 aliphatic rings. The Kier molecular flexibility index (Phi) is 4.33. The van der Waals surface area contributed by atoms with Gasteiger partial charge in [0.2, 0.25) is 5.89 Å². The number of aromatic nitrogens is 1. The number of benzene rings is 2. The molecule has 0 aliphatic carbocycles. The molecule has 3 rings (SSSR count). The lowest BCUT2D eigenvalue weighted by atomic mass is 10.1. The van der Waals surface area contributed by atoms with Crippen molar-refractivity contribution >= 4 is 5.91 Å². The van der Waals surface area contributed by atoms with E-state index in [0.29, 0.717) is 28.7 Å². The van der Waals surface area contributed by atoms with Gasteiger partial charge in [-0.2, -0.15) is 0 Å². The van der Waals surface area contributed by atoms with Gasteiger partial charge in [0.05, 0.1) is 5.56 Å². The van der Waals surface area contributed by atoms with Crippen LogP contribution in [0.25, 0.3) is 11.5 Å². The minimum atomic E-state index is -0.525. The summed E-state index contributed by atoms with van der Waals surface area (Å²) < 4.78 is 11.5. The molecular formula is C19H18N2O3. The molecule has 0 bridgehead atoms. The van der Waals surface area contributed by atoms with E-state index in [0.717, 1.165) is 11.1 Å². The van der Waals surface area contributed by atoms with E-state index >= 15 is 0 Å². The quantitative estimate of drug-likeness (QED) is 0.778. The number of nitrogens with zero attached hydrogens (tertiary/aromatic N) is 1. The van der Waals surface area contributed by atoms with Crippen LogP contribution in [0.3, 0.4) is 0 Å². The Bertz CT molecular complexity index is 884. The Hall–Kier alpha value is -3.08. The normalized spacial score (nSPS) is 10.6. The third-order valence-electron chi connectivity index (χ3n) is 3.79. The number of rotatable bonds is 5. The number of carbonyl (C=O) groups excluding carboxylic acids is 1. The molecule has 2 N–H and O–H groups in total. The fourth-order valence-electron chi connectivity index (χ4n) is 2.43. The maximum Gasteiger partial charge on any atom is 0.252 e. The van der Waals surface area contributed by atoms with Gasteiger partial charge in [0.15, 0.2) is 0 Å². The molecule has 1 heterocycles. The van der Waals surface area contributed by atoms with E-state index in [-0.39, 0.29) is 6.61 Å². The Morgan fingerprint density at radius 1 is 1.12 bits per heavy atom. The predicted molar refractivity (Wildman–Crippen MR) is 90.7 cm³/mol. The number of hydrogen-bond donors (Lipinski definition) is 1. The molecule has 0 atom stereocenters. The molecule has 24 heavy (non-hydrogen) atoms. The number of nitrogens with two attached hydrogens (primary N) is 1. The van der Waals surface area contributed by atoms with E-state index in [1.54, 1.807) is 24.3 Å². The summed E-state index contributed by atoms with van der Waals surface area (Å²) in [7, 11) is 0. The molecule has 1 aromatic heterocycles. The molecule has 0 spiro atoms. The molecule has 0 unspecified atom stereocenters. The van der Waals surface area contributed by atoms with Crippen LogP contribution in [-0.4, -0.2) is 10.9 Å². The third kappa shape index (κ3) is 3.15. The van der Waals surface area contributed by atoms with Gasteiger partial charge in [-0.1, -0.05) is 30.3 Å². The highest BCUT2D eigenvalue weighted by Crippen LogP contribution is 2.26. The standard InChI is InChI=1S/C19H18N2O3/c1-12-7-3-4-8-14(12)19-21-16(13(2)24-19)11-23-17-10-6-5-9-15(17)18(20)22/h3-10H,11H2,1-2H3,(H2,20,22). The van der Waals surface area contributed by atoms with E-state index in [1.165, 1.54) is 0 Å². The van der Waals surface area contributed by atoms with Gasteiger partial charge in [-0.15, -0.1) is 0 Å². The van der Waals surface area contributed by atoms with E-state index in [4.69, 9.17) is 14.9 Å². The van der Waals surface area contributed by atoms with Crippen LogP contribution in [-0.2, 0) is 6.61 Å². The smallest absolute Gasteiger partial charge is 0.252 e. The molecule has 0 saturated carbocycles. The van der Waals surface area contributed by atoms with Crippen molar-refractivity contribution in [1.82, 2.24) is 4.98 Å². The molecule has 2 aromatic carbocycles. The van der Waals surface area contributed by atoms with Crippen LogP contribution in [0.2, 0.25) is 0 Å². The lowest BCUT2D eigenvalue weighted by molar-refractivity contribution is 0.0996. The summed E-state index contributed by atoms with van der Waals surface area (Å²) >= 11 is 0. The van der Waals surface area contributed by atoms with Crippen molar-refractivity contribution in [3.8, 4) is 17.2 Å². The lowest BCUT2D eigenvalue weighted by Crippen LogP contribution is -2.13. The monoisotopic (exact) mass is 322 g/mol. The minimum Gasteiger partial charge on any atom is -0.486 e. The number of ether oxygens (including phenoxy) is 1. The molecule has 0 radical (unpaired) electrons. The molecule has 0 aliphatic heterocycles. The Labute approximate surface area is 140 Å². The van der Waals surface area contributed by atoms with Crippen LogP contribution in [0.15, 0.2) is 52.9 Å². The van der Waals surface area contributed by atoms with Crippen molar-refractivity contribution in [2.45, 2.75) is 20.5 Å². The van der Waals surface area contributed by atoms with E-state index in [1.807, 2.05) is 38.1 Å². The fourth-order valence-corrected chi connectivity index (χ4v) is 2.43. The average Bonchev–Trinajstić information content (AvgIpc) is 2.94. The maximum absolute atomic E-state index is 11.4. The summed E-state index contributed by atoms with van der Waals surface area (Å²) in [5.74, 6) is 1.16. The van der Waals surface area contributed by atoms with E-state index in [2.05, 4.69) is 4.98 Å². The zero-order valence-electron chi connectivity index (χ0n) is 13.6. The molecule has 1 amide bonds. The largest absolute Gasteiger partial charge is 0.486 e. The Balaban J connectivity index is 1.83. The molecule has 0 fully saturated rings. The van der Waals surface area contributed by atoms with Gasteiger partial charge >= 0.3 is 0 Å². The number of primary amides is 1. The van der Waals surface area contributed by atoms with Crippen molar-refractivity contribution in [2.75, 3.05) is 0 Å². The van der Waals surface area contributed by atoms with Gasteiger partial charge < -0.3 is 14.9 Å². The summed E-state index contributed by atoms with van der Waals surface area (Å²) in [6.07, 6.45) is 0. The number of para-hydroxylation sites is 1. The average molecular weight is 322 g/mol. The number of carbonyl (C=O) groups is 1. The van der Waals surface area contributed by atoms with E-state index in [9.17, 15) is 4.79 Å². The second kappa shape index (κ2) is 6.58.